The monoisotopic (exact) mass is 332 g/mol. The SMILES string of the molecule is COc1ccccc1N1CCN(Cc2ccc(O)cc2Cl)CC1. The fourth-order valence-corrected chi connectivity index (χ4v) is 3.18. The van der Waals surface area contributed by atoms with Crippen LogP contribution in [0.3, 0.4) is 0 Å². The van der Waals surface area contributed by atoms with E-state index in [1.807, 2.05) is 24.3 Å². The molecule has 1 N–H and O–H groups in total. The molecule has 2 aromatic carbocycles. The molecule has 122 valence electrons. The Morgan fingerprint density at radius 1 is 1.09 bits per heavy atom. The predicted octanol–water partition coefficient (Wildman–Crippen LogP) is 3.38. The van der Waals surface area contributed by atoms with Gasteiger partial charge in [0.05, 0.1) is 12.8 Å². The molecule has 0 amide bonds. The highest BCUT2D eigenvalue weighted by atomic mass is 35.5. The molecule has 1 aliphatic rings. The lowest BCUT2D eigenvalue weighted by Crippen LogP contribution is -2.46. The topological polar surface area (TPSA) is 35.9 Å². The number of nitrogens with zero attached hydrogens (tertiary/aromatic N) is 2. The van der Waals surface area contributed by atoms with Crippen LogP contribution in [0.2, 0.25) is 5.02 Å². The Hall–Kier alpha value is -1.91. The van der Waals surface area contributed by atoms with E-state index in [1.54, 1.807) is 19.2 Å². The van der Waals surface area contributed by atoms with E-state index in [9.17, 15) is 5.11 Å². The molecule has 0 radical (unpaired) electrons. The van der Waals surface area contributed by atoms with Crippen molar-refractivity contribution in [2.75, 3.05) is 38.2 Å². The molecule has 0 unspecified atom stereocenters. The summed E-state index contributed by atoms with van der Waals surface area (Å²) in [5, 5.41) is 10.1. The smallest absolute Gasteiger partial charge is 0.142 e. The first-order chi connectivity index (χ1) is 11.2. The largest absolute Gasteiger partial charge is 0.508 e. The summed E-state index contributed by atoms with van der Waals surface area (Å²) in [6, 6.07) is 13.3. The number of aromatic hydroxyl groups is 1. The number of ether oxygens (including phenoxy) is 1. The number of para-hydroxylation sites is 2. The van der Waals surface area contributed by atoms with Crippen LogP contribution in [0.1, 0.15) is 5.56 Å². The molecule has 0 atom stereocenters. The van der Waals surface area contributed by atoms with Crippen LogP contribution in [0.25, 0.3) is 0 Å². The highest BCUT2D eigenvalue weighted by Gasteiger charge is 2.20. The summed E-state index contributed by atoms with van der Waals surface area (Å²) in [6.45, 7) is 4.65. The zero-order chi connectivity index (χ0) is 16.2. The normalized spacial score (nSPS) is 15.7. The Kier molecular flexibility index (Phi) is 4.94. The van der Waals surface area contributed by atoms with Crippen molar-refractivity contribution in [1.82, 2.24) is 4.90 Å². The molecule has 0 aromatic heterocycles. The zero-order valence-corrected chi connectivity index (χ0v) is 14.0. The van der Waals surface area contributed by atoms with Crippen molar-refractivity contribution < 1.29 is 9.84 Å². The van der Waals surface area contributed by atoms with Crippen molar-refractivity contribution in [3.05, 3.63) is 53.1 Å². The summed E-state index contributed by atoms with van der Waals surface area (Å²) in [4.78, 5) is 4.73. The minimum atomic E-state index is 0.208. The van der Waals surface area contributed by atoms with E-state index >= 15 is 0 Å². The van der Waals surface area contributed by atoms with Crippen LogP contribution in [-0.2, 0) is 6.54 Å². The summed E-state index contributed by atoms with van der Waals surface area (Å²) < 4.78 is 5.45. The summed E-state index contributed by atoms with van der Waals surface area (Å²) in [5.41, 5.74) is 2.20. The molecule has 4 nitrogen and oxygen atoms in total. The molecular weight excluding hydrogens is 312 g/mol. The van der Waals surface area contributed by atoms with E-state index in [-0.39, 0.29) is 5.75 Å². The number of hydrogen-bond acceptors (Lipinski definition) is 4. The number of rotatable bonds is 4. The lowest BCUT2D eigenvalue weighted by molar-refractivity contribution is 0.249. The molecule has 0 spiro atoms. The summed E-state index contributed by atoms with van der Waals surface area (Å²) >= 11 is 6.20. The van der Waals surface area contributed by atoms with Crippen LogP contribution >= 0.6 is 11.6 Å². The molecule has 0 bridgehead atoms. The number of methoxy groups -OCH3 is 1. The number of phenolic OH excluding ortho intramolecular Hbond substituents is 1. The predicted molar refractivity (Wildman–Crippen MR) is 93.6 cm³/mol. The molecular formula is C18H21ClN2O2. The second-order valence-electron chi connectivity index (χ2n) is 5.71. The number of phenols is 1. The molecule has 23 heavy (non-hydrogen) atoms. The first-order valence-electron chi connectivity index (χ1n) is 7.75. The molecule has 1 heterocycles. The first kappa shape index (κ1) is 16.0. The lowest BCUT2D eigenvalue weighted by atomic mass is 10.1. The number of benzene rings is 2. The Bertz CT molecular complexity index is 670. The third kappa shape index (κ3) is 3.71. The van der Waals surface area contributed by atoms with Gasteiger partial charge in [-0.05, 0) is 29.8 Å². The van der Waals surface area contributed by atoms with Gasteiger partial charge in [-0.25, -0.2) is 0 Å². The second-order valence-corrected chi connectivity index (χ2v) is 6.12. The van der Waals surface area contributed by atoms with Gasteiger partial charge in [0.25, 0.3) is 0 Å². The van der Waals surface area contributed by atoms with Gasteiger partial charge in [0, 0.05) is 37.7 Å². The molecule has 1 fully saturated rings. The standard InChI is InChI=1S/C18H21ClN2O2/c1-23-18-5-3-2-4-17(18)21-10-8-20(9-11-21)13-14-6-7-15(22)12-16(14)19/h2-7,12,22H,8-11,13H2,1H3. The maximum atomic E-state index is 9.44. The third-order valence-corrected chi connectivity index (χ3v) is 4.58. The van der Waals surface area contributed by atoms with Crippen LogP contribution < -0.4 is 9.64 Å². The van der Waals surface area contributed by atoms with Crippen molar-refractivity contribution in [1.29, 1.82) is 0 Å². The Morgan fingerprint density at radius 2 is 1.83 bits per heavy atom. The second kappa shape index (κ2) is 7.11. The van der Waals surface area contributed by atoms with Crippen molar-refractivity contribution >= 4 is 17.3 Å². The van der Waals surface area contributed by atoms with Crippen molar-refractivity contribution in [2.24, 2.45) is 0 Å². The summed E-state index contributed by atoms with van der Waals surface area (Å²) in [7, 11) is 1.71. The number of piperazine rings is 1. The van der Waals surface area contributed by atoms with Crippen molar-refractivity contribution in [3.8, 4) is 11.5 Å². The van der Waals surface area contributed by atoms with E-state index < -0.39 is 0 Å². The van der Waals surface area contributed by atoms with Gasteiger partial charge in [0.15, 0.2) is 0 Å². The van der Waals surface area contributed by atoms with Gasteiger partial charge in [0.2, 0.25) is 0 Å². The molecule has 5 heteroatoms. The highest BCUT2D eigenvalue weighted by Crippen LogP contribution is 2.29. The zero-order valence-electron chi connectivity index (χ0n) is 13.2. The molecule has 1 aliphatic heterocycles. The highest BCUT2D eigenvalue weighted by molar-refractivity contribution is 6.31. The summed E-state index contributed by atoms with van der Waals surface area (Å²) in [5.74, 6) is 1.13. The van der Waals surface area contributed by atoms with Gasteiger partial charge in [-0.15, -0.1) is 0 Å². The number of halogens is 1. The molecule has 0 aliphatic carbocycles. The lowest BCUT2D eigenvalue weighted by Gasteiger charge is -2.36. The molecule has 0 saturated carbocycles. The van der Waals surface area contributed by atoms with E-state index in [0.717, 1.165) is 49.7 Å². The maximum absolute atomic E-state index is 9.44. The van der Waals surface area contributed by atoms with Gasteiger partial charge in [0.1, 0.15) is 11.5 Å². The first-order valence-corrected chi connectivity index (χ1v) is 8.13. The Morgan fingerprint density at radius 3 is 2.52 bits per heavy atom. The summed E-state index contributed by atoms with van der Waals surface area (Å²) in [6.07, 6.45) is 0. The van der Waals surface area contributed by atoms with Gasteiger partial charge in [-0.1, -0.05) is 29.8 Å². The minimum absolute atomic E-state index is 0.208. The van der Waals surface area contributed by atoms with Gasteiger partial charge in [-0.3, -0.25) is 4.90 Å². The fourth-order valence-electron chi connectivity index (χ4n) is 2.94. The Balaban J connectivity index is 1.62. The maximum Gasteiger partial charge on any atom is 0.142 e. The van der Waals surface area contributed by atoms with Gasteiger partial charge < -0.3 is 14.7 Å². The average molecular weight is 333 g/mol. The molecule has 2 aromatic rings. The minimum Gasteiger partial charge on any atom is -0.508 e. The van der Waals surface area contributed by atoms with Crippen molar-refractivity contribution in [2.45, 2.75) is 6.54 Å². The van der Waals surface area contributed by atoms with Crippen LogP contribution in [0.5, 0.6) is 11.5 Å². The van der Waals surface area contributed by atoms with Crippen molar-refractivity contribution in [3.63, 3.8) is 0 Å². The Labute approximate surface area is 141 Å². The fraction of sp³-hybridized carbons (Fsp3) is 0.333. The quantitative estimate of drug-likeness (QED) is 0.931. The van der Waals surface area contributed by atoms with Crippen LogP contribution in [0.15, 0.2) is 42.5 Å². The third-order valence-electron chi connectivity index (χ3n) is 4.23. The van der Waals surface area contributed by atoms with Crippen LogP contribution in [-0.4, -0.2) is 43.3 Å². The van der Waals surface area contributed by atoms with E-state index in [2.05, 4.69) is 15.9 Å². The van der Waals surface area contributed by atoms with Gasteiger partial charge in [-0.2, -0.15) is 0 Å². The van der Waals surface area contributed by atoms with Crippen LogP contribution in [0, 0.1) is 0 Å². The van der Waals surface area contributed by atoms with E-state index in [0.29, 0.717) is 5.02 Å². The number of anilines is 1. The van der Waals surface area contributed by atoms with E-state index in [4.69, 9.17) is 16.3 Å². The molecule has 1 saturated heterocycles. The van der Waals surface area contributed by atoms with Gasteiger partial charge >= 0.3 is 0 Å². The average Bonchev–Trinajstić information content (AvgIpc) is 2.58. The molecule has 3 rings (SSSR count). The number of hydrogen-bond donors (Lipinski definition) is 1. The van der Waals surface area contributed by atoms with Crippen LogP contribution in [0.4, 0.5) is 5.69 Å². The van der Waals surface area contributed by atoms with E-state index in [1.165, 1.54) is 0 Å².